The van der Waals surface area contributed by atoms with E-state index in [0.29, 0.717) is 0 Å². The maximum Gasteiger partial charge on any atom is 0.144 e. The topological polar surface area (TPSA) is 4.93 Å². The van der Waals surface area contributed by atoms with E-state index >= 15 is 0 Å². The Kier molecular flexibility index (Phi) is 1.29. The van der Waals surface area contributed by atoms with E-state index in [1.54, 1.807) is 0 Å². The number of benzene rings is 1. The molecule has 0 saturated carbocycles. The van der Waals surface area contributed by atoms with E-state index in [0.717, 1.165) is 15.8 Å². The first-order valence-electron chi connectivity index (χ1n) is 3.41. The molecule has 0 atom stereocenters. The molecule has 0 amide bonds. The summed E-state index contributed by atoms with van der Waals surface area (Å²) < 4.78 is 15.7. The zero-order valence-corrected chi connectivity index (χ0v) is 7.20. The predicted octanol–water partition coefficient (Wildman–Crippen LogP) is 2.69. The summed E-state index contributed by atoms with van der Waals surface area (Å²) in [4.78, 5) is 0. The van der Waals surface area contributed by atoms with Crippen LogP contribution in [-0.4, -0.2) is 3.96 Å². The average molecular weight is 169 g/mol. The molecule has 0 N–H and O–H groups in total. The molecule has 3 heteroatoms. The molecule has 1 heterocycles. The van der Waals surface area contributed by atoms with Gasteiger partial charge in [0.2, 0.25) is 0 Å². The average Bonchev–Trinajstić information content (AvgIpc) is 1.93. The maximum atomic E-state index is 12.9. The number of hydrogen-bond acceptors (Lipinski definition) is 1. The van der Waals surface area contributed by atoms with Crippen molar-refractivity contribution in [3.8, 4) is 0 Å². The van der Waals surface area contributed by atoms with Crippen molar-refractivity contribution in [2.24, 2.45) is 7.05 Å². The van der Waals surface area contributed by atoms with Crippen molar-refractivity contribution < 1.29 is 4.39 Å². The van der Waals surface area contributed by atoms with E-state index in [2.05, 4.69) is 0 Å². The number of rotatable bonds is 0. The normalized spacial score (nSPS) is 11.2. The lowest BCUT2D eigenvalue weighted by molar-refractivity contribution is 0.640. The first-order chi connectivity index (χ1) is 5.20. The van der Waals surface area contributed by atoms with E-state index in [9.17, 15) is 4.39 Å². The fourth-order valence-corrected chi connectivity index (χ4v) is 2.27. The molecular weight excluding hydrogens is 161 g/mol. The summed E-state index contributed by atoms with van der Waals surface area (Å²) in [5, 5.41) is 0. The van der Waals surface area contributed by atoms with Gasteiger partial charge in [-0.25, -0.2) is 4.39 Å². The van der Waals surface area contributed by atoms with Gasteiger partial charge in [0.1, 0.15) is 10.5 Å². The second-order valence-electron chi connectivity index (χ2n) is 2.63. The second-order valence-corrected chi connectivity index (χ2v) is 3.77. The highest BCUT2D eigenvalue weighted by molar-refractivity contribution is 7.16. The number of hydrogen-bond donors (Lipinski definition) is 0. The molecule has 0 aliphatic carbocycles. The number of aryl methyl sites for hydroxylation is 2. The summed E-state index contributed by atoms with van der Waals surface area (Å²) in [6.45, 7) is 1.99. The van der Waals surface area contributed by atoms with Gasteiger partial charge >= 0.3 is 0 Å². The minimum absolute atomic E-state index is 0.103. The molecular formula is C8H8FNS. The first-order valence-corrected chi connectivity index (χ1v) is 4.18. The van der Waals surface area contributed by atoms with Crippen LogP contribution in [0.25, 0.3) is 10.2 Å². The van der Waals surface area contributed by atoms with Gasteiger partial charge in [-0.05, 0) is 18.6 Å². The molecule has 1 aromatic heterocycles. The molecule has 2 rings (SSSR count). The van der Waals surface area contributed by atoms with Crippen LogP contribution in [0.2, 0.25) is 0 Å². The van der Waals surface area contributed by atoms with Crippen molar-refractivity contribution in [3.05, 3.63) is 23.5 Å². The van der Waals surface area contributed by atoms with Crippen LogP contribution in [0.4, 0.5) is 4.39 Å². The Labute approximate surface area is 68.2 Å². The molecule has 58 valence electrons. The van der Waals surface area contributed by atoms with Crippen molar-refractivity contribution in [2.45, 2.75) is 6.92 Å². The Morgan fingerprint density at radius 1 is 1.45 bits per heavy atom. The Morgan fingerprint density at radius 2 is 2.18 bits per heavy atom. The molecule has 11 heavy (non-hydrogen) atoms. The van der Waals surface area contributed by atoms with Crippen LogP contribution >= 0.6 is 11.5 Å². The minimum atomic E-state index is -0.103. The van der Waals surface area contributed by atoms with Crippen LogP contribution < -0.4 is 0 Å². The Hall–Kier alpha value is -0.830. The van der Waals surface area contributed by atoms with Crippen LogP contribution in [-0.2, 0) is 7.05 Å². The fraction of sp³-hybridized carbons (Fsp3) is 0.250. The fourth-order valence-electron chi connectivity index (χ4n) is 1.27. The van der Waals surface area contributed by atoms with Crippen molar-refractivity contribution in [1.82, 2.24) is 3.96 Å². The Morgan fingerprint density at radius 3 is 2.73 bits per heavy atom. The van der Waals surface area contributed by atoms with Crippen molar-refractivity contribution in [2.75, 3.05) is 0 Å². The molecule has 1 aromatic carbocycles. The quantitative estimate of drug-likeness (QED) is 0.571. The van der Waals surface area contributed by atoms with Gasteiger partial charge in [0.25, 0.3) is 0 Å². The zero-order chi connectivity index (χ0) is 8.01. The predicted molar refractivity (Wildman–Crippen MR) is 45.5 cm³/mol. The largest absolute Gasteiger partial charge is 0.299 e. The van der Waals surface area contributed by atoms with Gasteiger partial charge in [0.15, 0.2) is 0 Å². The third-order valence-corrected chi connectivity index (χ3v) is 2.86. The van der Waals surface area contributed by atoms with Crippen LogP contribution in [0.15, 0.2) is 12.1 Å². The van der Waals surface area contributed by atoms with Gasteiger partial charge in [0.05, 0.1) is 5.52 Å². The summed E-state index contributed by atoms with van der Waals surface area (Å²) in [6, 6.07) is 3.33. The van der Waals surface area contributed by atoms with Gasteiger partial charge in [-0.3, -0.25) is 3.96 Å². The molecule has 0 aliphatic heterocycles. The van der Waals surface area contributed by atoms with Crippen LogP contribution in [0.1, 0.15) is 5.56 Å². The van der Waals surface area contributed by atoms with Crippen LogP contribution in [0.3, 0.4) is 0 Å². The molecule has 0 fully saturated rings. The number of nitrogens with zero attached hydrogens (tertiary/aromatic N) is 1. The van der Waals surface area contributed by atoms with E-state index in [-0.39, 0.29) is 5.82 Å². The van der Waals surface area contributed by atoms with E-state index in [1.807, 2.05) is 24.0 Å². The molecule has 1 nitrogen and oxygen atoms in total. The summed E-state index contributed by atoms with van der Waals surface area (Å²) in [5.41, 5.74) is 2.18. The second kappa shape index (κ2) is 2.08. The lowest BCUT2D eigenvalue weighted by Gasteiger charge is -2.11. The summed E-state index contributed by atoms with van der Waals surface area (Å²) in [6.07, 6.45) is 0. The summed E-state index contributed by atoms with van der Waals surface area (Å²) in [7, 11) is 1.94. The molecule has 0 aliphatic rings. The van der Waals surface area contributed by atoms with Crippen LogP contribution in [0.5, 0.6) is 0 Å². The van der Waals surface area contributed by atoms with Gasteiger partial charge < -0.3 is 0 Å². The molecule has 0 unspecified atom stereocenters. The van der Waals surface area contributed by atoms with Gasteiger partial charge in [-0.2, -0.15) is 0 Å². The third kappa shape index (κ3) is 0.807. The lowest BCUT2D eigenvalue weighted by Crippen LogP contribution is -1.97. The summed E-state index contributed by atoms with van der Waals surface area (Å²) in [5.74, 6) is -0.103. The molecule has 0 saturated heterocycles. The SMILES string of the molecule is Cc1ccc(F)c2sn(C)c12. The number of halogens is 1. The highest BCUT2D eigenvalue weighted by Gasteiger charge is 2.09. The minimum Gasteiger partial charge on any atom is -0.299 e. The van der Waals surface area contributed by atoms with E-state index in [1.165, 1.54) is 17.6 Å². The van der Waals surface area contributed by atoms with Crippen LogP contribution in [0, 0.1) is 12.7 Å². The highest BCUT2D eigenvalue weighted by atomic mass is 32.1. The maximum absolute atomic E-state index is 12.9. The van der Waals surface area contributed by atoms with E-state index in [4.69, 9.17) is 0 Å². The molecule has 0 bridgehead atoms. The van der Waals surface area contributed by atoms with Gasteiger partial charge in [-0.1, -0.05) is 17.6 Å². The molecule has 0 spiro atoms. The highest BCUT2D eigenvalue weighted by Crippen LogP contribution is 2.29. The Bertz CT molecular complexity index is 399. The van der Waals surface area contributed by atoms with Crippen molar-refractivity contribution in [3.63, 3.8) is 0 Å². The third-order valence-electron chi connectivity index (χ3n) is 1.83. The van der Waals surface area contributed by atoms with E-state index < -0.39 is 0 Å². The lowest BCUT2D eigenvalue weighted by atomic mass is 10.2. The molecule has 2 aromatic rings. The monoisotopic (exact) mass is 169 g/mol. The van der Waals surface area contributed by atoms with Crippen molar-refractivity contribution in [1.29, 1.82) is 0 Å². The molecule has 0 radical (unpaired) electrons. The number of aromatic nitrogens is 1. The standard InChI is InChI=1S/C8H8FNS/c1-5-3-4-6(9)8-7(5)10(2)11-8/h3-4H,1-2H3. The summed E-state index contributed by atoms with van der Waals surface area (Å²) >= 11 is 1.45. The number of fused-ring (bicyclic) bond motifs is 1. The van der Waals surface area contributed by atoms with Gasteiger partial charge in [-0.15, -0.1) is 0 Å². The first kappa shape index (κ1) is 6.85. The zero-order valence-electron chi connectivity index (χ0n) is 6.39. The smallest absolute Gasteiger partial charge is 0.144 e. The Balaban J connectivity index is 2.85. The van der Waals surface area contributed by atoms with Gasteiger partial charge in [0, 0.05) is 7.05 Å². The van der Waals surface area contributed by atoms with Crippen molar-refractivity contribution >= 4 is 21.7 Å².